The summed E-state index contributed by atoms with van der Waals surface area (Å²) in [5.41, 5.74) is 8.27. The van der Waals surface area contributed by atoms with Gasteiger partial charge in [0.25, 0.3) is 0 Å². The standard InChI is InChI=1S/C13H10Cl2N4O/c1-20-13-3-2-7(4-9(13)15)19-17-11-5-8(14)10(16)6-12(11)18-19/h2-6H,16H2,1H3. The third kappa shape index (κ3) is 2.15. The number of halogens is 2. The summed E-state index contributed by atoms with van der Waals surface area (Å²) in [5.74, 6) is 0.597. The Balaban J connectivity index is 2.12. The Bertz CT molecular complexity index is 761. The molecule has 0 aliphatic heterocycles. The van der Waals surface area contributed by atoms with E-state index in [9.17, 15) is 0 Å². The molecule has 0 bridgehead atoms. The van der Waals surface area contributed by atoms with E-state index in [1.54, 1.807) is 31.4 Å². The van der Waals surface area contributed by atoms with Crippen molar-refractivity contribution in [2.45, 2.75) is 0 Å². The zero-order valence-corrected chi connectivity index (χ0v) is 12.0. The van der Waals surface area contributed by atoms with Gasteiger partial charge in [-0.2, -0.15) is 4.80 Å². The van der Waals surface area contributed by atoms with Crippen LogP contribution in [0.15, 0.2) is 30.3 Å². The number of nitrogens with zero attached hydrogens (tertiary/aromatic N) is 3. The Hall–Kier alpha value is -1.98. The molecule has 5 nitrogen and oxygen atoms in total. The minimum Gasteiger partial charge on any atom is -0.495 e. The summed E-state index contributed by atoms with van der Waals surface area (Å²) in [6.07, 6.45) is 0. The predicted octanol–water partition coefficient (Wildman–Crippen LogP) is 3.32. The van der Waals surface area contributed by atoms with Gasteiger partial charge in [-0.1, -0.05) is 23.2 Å². The fourth-order valence-corrected chi connectivity index (χ4v) is 2.26. The van der Waals surface area contributed by atoms with Crippen LogP contribution in [0.1, 0.15) is 0 Å². The van der Waals surface area contributed by atoms with Crippen molar-refractivity contribution in [3.05, 3.63) is 40.4 Å². The van der Waals surface area contributed by atoms with E-state index in [0.29, 0.717) is 32.5 Å². The maximum absolute atomic E-state index is 6.09. The number of hydrogen-bond acceptors (Lipinski definition) is 4. The van der Waals surface area contributed by atoms with Crippen LogP contribution in [0, 0.1) is 0 Å². The van der Waals surface area contributed by atoms with E-state index in [-0.39, 0.29) is 0 Å². The fraction of sp³-hybridized carbons (Fsp3) is 0.0769. The number of aromatic nitrogens is 3. The number of fused-ring (bicyclic) bond motifs is 1. The highest BCUT2D eigenvalue weighted by Crippen LogP contribution is 2.27. The van der Waals surface area contributed by atoms with Crippen molar-refractivity contribution in [1.29, 1.82) is 0 Å². The summed E-state index contributed by atoms with van der Waals surface area (Å²) in [7, 11) is 1.56. The first-order valence-electron chi connectivity index (χ1n) is 5.74. The van der Waals surface area contributed by atoms with Gasteiger partial charge in [0, 0.05) is 0 Å². The molecule has 0 saturated heterocycles. The van der Waals surface area contributed by atoms with Crippen LogP contribution in [0.3, 0.4) is 0 Å². The number of rotatable bonds is 2. The molecule has 0 saturated carbocycles. The first-order valence-corrected chi connectivity index (χ1v) is 6.50. The lowest BCUT2D eigenvalue weighted by Gasteiger charge is -2.04. The molecule has 0 spiro atoms. The molecule has 0 aliphatic rings. The molecule has 102 valence electrons. The molecule has 7 heteroatoms. The summed E-state index contributed by atoms with van der Waals surface area (Å²) in [6.45, 7) is 0. The zero-order chi connectivity index (χ0) is 14.3. The van der Waals surface area contributed by atoms with Crippen LogP contribution in [-0.2, 0) is 0 Å². The molecule has 3 aromatic rings. The molecule has 2 N–H and O–H groups in total. The van der Waals surface area contributed by atoms with Crippen molar-refractivity contribution >= 4 is 39.9 Å². The van der Waals surface area contributed by atoms with Gasteiger partial charge < -0.3 is 10.5 Å². The van der Waals surface area contributed by atoms with Crippen LogP contribution in [0.25, 0.3) is 16.7 Å². The number of methoxy groups -OCH3 is 1. The fourth-order valence-electron chi connectivity index (χ4n) is 1.85. The van der Waals surface area contributed by atoms with Crippen LogP contribution >= 0.6 is 23.2 Å². The maximum atomic E-state index is 6.09. The molecule has 1 heterocycles. The van der Waals surface area contributed by atoms with Crippen LogP contribution in [0.5, 0.6) is 5.75 Å². The average molecular weight is 309 g/mol. The molecule has 2 aromatic carbocycles. The van der Waals surface area contributed by atoms with Crippen molar-refractivity contribution in [3.8, 4) is 11.4 Å². The highest BCUT2D eigenvalue weighted by atomic mass is 35.5. The molecule has 0 unspecified atom stereocenters. The Morgan fingerprint density at radius 3 is 2.40 bits per heavy atom. The van der Waals surface area contributed by atoms with Gasteiger partial charge in [0.2, 0.25) is 0 Å². The molecule has 3 rings (SSSR count). The predicted molar refractivity (Wildman–Crippen MR) is 79.8 cm³/mol. The van der Waals surface area contributed by atoms with Gasteiger partial charge in [-0.25, -0.2) is 0 Å². The van der Waals surface area contributed by atoms with Crippen molar-refractivity contribution < 1.29 is 4.74 Å². The van der Waals surface area contributed by atoms with E-state index in [0.717, 1.165) is 5.69 Å². The number of nitrogens with two attached hydrogens (primary N) is 1. The minimum absolute atomic E-state index is 0.456. The monoisotopic (exact) mass is 308 g/mol. The Kier molecular flexibility index (Phi) is 3.16. The zero-order valence-electron chi connectivity index (χ0n) is 10.5. The summed E-state index contributed by atoms with van der Waals surface area (Å²) in [6, 6.07) is 8.67. The SMILES string of the molecule is COc1ccc(-n2nc3cc(N)c(Cl)cc3n2)cc1Cl. The normalized spacial score (nSPS) is 10.9. The van der Waals surface area contributed by atoms with Gasteiger partial charge in [-0.3, -0.25) is 0 Å². The number of ether oxygens (including phenoxy) is 1. The van der Waals surface area contributed by atoms with Gasteiger partial charge in [0.15, 0.2) is 0 Å². The Morgan fingerprint density at radius 2 is 1.75 bits per heavy atom. The molecule has 0 aliphatic carbocycles. The van der Waals surface area contributed by atoms with E-state index in [1.807, 2.05) is 6.07 Å². The smallest absolute Gasteiger partial charge is 0.137 e. The average Bonchev–Trinajstić information content (AvgIpc) is 2.82. The van der Waals surface area contributed by atoms with E-state index >= 15 is 0 Å². The van der Waals surface area contributed by atoms with Gasteiger partial charge in [0.1, 0.15) is 16.8 Å². The van der Waals surface area contributed by atoms with E-state index in [1.165, 1.54) is 4.80 Å². The minimum atomic E-state index is 0.456. The van der Waals surface area contributed by atoms with Gasteiger partial charge in [-0.05, 0) is 30.3 Å². The molecule has 20 heavy (non-hydrogen) atoms. The second kappa shape index (κ2) is 4.85. The van der Waals surface area contributed by atoms with Gasteiger partial charge in [0.05, 0.1) is 28.5 Å². The highest BCUT2D eigenvalue weighted by Gasteiger charge is 2.09. The summed E-state index contributed by atoms with van der Waals surface area (Å²) < 4.78 is 5.11. The lowest BCUT2D eigenvalue weighted by atomic mass is 10.3. The molecule has 0 radical (unpaired) electrons. The first kappa shape index (κ1) is 13.0. The highest BCUT2D eigenvalue weighted by molar-refractivity contribution is 6.33. The summed E-state index contributed by atoms with van der Waals surface area (Å²) in [4.78, 5) is 1.48. The summed E-state index contributed by atoms with van der Waals surface area (Å²) in [5, 5.41) is 9.64. The van der Waals surface area contributed by atoms with Gasteiger partial charge in [-0.15, -0.1) is 10.2 Å². The summed E-state index contributed by atoms with van der Waals surface area (Å²) >= 11 is 12.1. The first-order chi connectivity index (χ1) is 9.58. The Labute approximate surface area is 124 Å². The topological polar surface area (TPSA) is 66.0 Å². The number of hydrogen-bond donors (Lipinski definition) is 1. The van der Waals surface area contributed by atoms with Crippen LogP contribution in [-0.4, -0.2) is 22.1 Å². The van der Waals surface area contributed by atoms with E-state index in [2.05, 4.69) is 10.2 Å². The van der Waals surface area contributed by atoms with Gasteiger partial charge >= 0.3 is 0 Å². The van der Waals surface area contributed by atoms with Crippen LogP contribution < -0.4 is 10.5 Å². The van der Waals surface area contributed by atoms with Crippen molar-refractivity contribution in [1.82, 2.24) is 15.0 Å². The quantitative estimate of drug-likeness (QED) is 0.738. The molecule has 0 atom stereocenters. The number of benzene rings is 2. The second-order valence-corrected chi connectivity index (χ2v) is 4.99. The number of nitrogen functional groups attached to an aromatic ring is 1. The third-order valence-electron chi connectivity index (χ3n) is 2.87. The van der Waals surface area contributed by atoms with Crippen LogP contribution in [0.2, 0.25) is 10.0 Å². The molecular formula is C13H10Cl2N4O. The number of anilines is 1. The lowest BCUT2D eigenvalue weighted by Crippen LogP contribution is -1.98. The Morgan fingerprint density at radius 1 is 1.05 bits per heavy atom. The third-order valence-corrected chi connectivity index (χ3v) is 3.49. The molecule has 0 amide bonds. The van der Waals surface area contributed by atoms with Crippen molar-refractivity contribution in [2.24, 2.45) is 0 Å². The van der Waals surface area contributed by atoms with Crippen LogP contribution in [0.4, 0.5) is 5.69 Å². The van der Waals surface area contributed by atoms with Crippen molar-refractivity contribution in [3.63, 3.8) is 0 Å². The lowest BCUT2D eigenvalue weighted by molar-refractivity contribution is 0.415. The molecular weight excluding hydrogens is 299 g/mol. The van der Waals surface area contributed by atoms with Crippen molar-refractivity contribution in [2.75, 3.05) is 12.8 Å². The maximum Gasteiger partial charge on any atom is 0.137 e. The second-order valence-electron chi connectivity index (χ2n) is 4.17. The molecule has 1 aromatic heterocycles. The largest absolute Gasteiger partial charge is 0.495 e. The molecule has 0 fully saturated rings. The van der Waals surface area contributed by atoms with E-state index in [4.69, 9.17) is 33.7 Å². The van der Waals surface area contributed by atoms with E-state index < -0.39 is 0 Å².